The Labute approximate surface area is 141 Å². The molecule has 1 aromatic heterocycles. The van der Waals surface area contributed by atoms with Gasteiger partial charge in [0.2, 0.25) is 0 Å². The van der Waals surface area contributed by atoms with Gasteiger partial charge in [0, 0.05) is 18.9 Å². The molecule has 1 aromatic carbocycles. The van der Waals surface area contributed by atoms with E-state index in [0.717, 1.165) is 11.4 Å². The number of rotatable bonds is 1. The number of carbonyl (C=O) groups excluding carboxylic acids is 1. The third-order valence-electron chi connectivity index (χ3n) is 4.00. The van der Waals surface area contributed by atoms with Crippen molar-refractivity contribution in [3.8, 4) is 0 Å². The molecule has 24 heavy (non-hydrogen) atoms. The van der Waals surface area contributed by atoms with Crippen LogP contribution in [0, 0.1) is 5.82 Å². The molecule has 0 spiro atoms. The van der Waals surface area contributed by atoms with Crippen LogP contribution < -0.4 is 0 Å². The molecule has 0 saturated heterocycles. The van der Waals surface area contributed by atoms with Crippen LogP contribution >= 0.6 is 0 Å². The zero-order chi connectivity index (χ0) is 17.3. The van der Waals surface area contributed by atoms with Gasteiger partial charge in [0.1, 0.15) is 17.2 Å². The van der Waals surface area contributed by atoms with Gasteiger partial charge in [0.15, 0.2) is 0 Å². The van der Waals surface area contributed by atoms with Crippen LogP contribution in [0.15, 0.2) is 36.7 Å². The van der Waals surface area contributed by atoms with Crippen LogP contribution in [0.1, 0.15) is 44.6 Å². The number of benzene rings is 1. The first kappa shape index (κ1) is 16.5. The molecule has 128 valence electrons. The van der Waals surface area contributed by atoms with E-state index in [-0.39, 0.29) is 18.0 Å². The maximum Gasteiger partial charge on any atom is 0.410 e. The van der Waals surface area contributed by atoms with Crippen molar-refractivity contribution in [2.24, 2.45) is 0 Å². The summed E-state index contributed by atoms with van der Waals surface area (Å²) in [6.07, 6.45) is 4.01. The molecule has 1 aliphatic rings. The van der Waals surface area contributed by atoms with Crippen LogP contribution in [-0.2, 0) is 11.3 Å². The van der Waals surface area contributed by atoms with Gasteiger partial charge in [-0.05, 0) is 44.9 Å². The maximum absolute atomic E-state index is 13.2. The van der Waals surface area contributed by atoms with E-state index < -0.39 is 5.60 Å². The summed E-state index contributed by atoms with van der Waals surface area (Å²) in [4.78, 5) is 18.5. The third kappa shape index (κ3) is 3.58. The first-order valence-corrected chi connectivity index (χ1v) is 8.08. The number of carbonyl (C=O) groups is 1. The van der Waals surface area contributed by atoms with E-state index in [0.29, 0.717) is 19.5 Å². The fraction of sp³-hybridized carbons (Fsp3) is 0.444. The van der Waals surface area contributed by atoms with Crippen molar-refractivity contribution >= 4 is 6.09 Å². The molecule has 1 atom stereocenters. The number of nitrogens with zero attached hydrogens (tertiary/aromatic N) is 3. The number of aromatic nitrogens is 2. The first-order valence-electron chi connectivity index (χ1n) is 8.08. The second-order valence-electron chi connectivity index (χ2n) is 7.01. The smallest absolute Gasteiger partial charge is 0.410 e. The number of hydrogen-bond donors (Lipinski definition) is 0. The number of halogens is 1. The molecule has 0 fully saturated rings. The van der Waals surface area contributed by atoms with Crippen molar-refractivity contribution in [2.45, 2.75) is 45.4 Å². The summed E-state index contributed by atoms with van der Waals surface area (Å²) in [5.74, 6) is 0.543. The van der Waals surface area contributed by atoms with Gasteiger partial charge < -0.3 is 14.2 Å². The summed E-state index contributed by atoms with van der Waals surface area (Å²) >= 11 is 0. The summed E-state index contributed by atoms with van der Waals surface area (Å²) in [6, 6.07) is 6.51. The number of imidazole rings is 1. The van der Waals surface area contributed by atoms with Crippen LogP contribution in [0.2, 0.25) is 0 Å². The summed E-state index contributed by atoms with van der Waals surface area (Å²) in [5.41, 5.74) is 0.469. The molecule has 1 unspecified atom stereocenters. The minimum atomic E-state index is -0.533. The van der Waals surface area contributed by atoms with Gasteiger partial charge in [-0.1, -0.05) is 12.1 Å². The van der Waals surface area contributed by atoms with Crippen LogP contribution in [0.25, 0.3) is 0 Å². The van der Waals surface area contributed by atoms with Crippen molar-refractivity contribution in [1.82, 2.24) is 14.5 Å². The highest BCUT2D eigenvalue weighted by molar-refractivity contribution is 5.68. The highest BCUT2D eigenvalue weighted by atomic mass is 19.1. The number of hydrogen-bond acceptors (Lipinski definition) is 3. The molecule has 0 bridgehead atoms. The standard InChI is InChI=1S/C18H22FN3O2/c1-18(2,3)24-17(23)21-10-8-15(13-4-6-14(19)7-5-13)22-11-9-20-16(22)12-21/h4-7,9,11,15H,8,10,12H2,1-3H3. The maximum atomic E-state index is 13.2. The Morgan fingerprint density at radius 1 is 1.29 bits per heavy atom. The Morgan fingerprint density at radius 2 is 2.00 bits per heavy atom. The molecule has 0 N–H and O–H groups in total. The van der Waals surface area contributed by atoms with Gasteiger partial charge in [-0.15, -0.1) is 0 Å². The van der Waals surface area contributed by atoms with Gasteiger partial charge >= 0.3 is 6.09 Å². The second kappa shape index (κ2) is 6.26. The van der Waals surface area contributed by atoms with E-state index >= 15 is 0 Å². The molecular weight excluding hydrogens is 309 g/mol. The topological polar surface area (TPSA) is 47.4 Å². The van der Waals surface area contributed by atoms with Gasteiger partial charge in [-0.3, -0.25) is 0 Å². The van der Waals surface area contributed by atoms with E-state index in [2.05, 4.69) is 9.55 Å². The quantitative estimate of drug-likeness (QED) is 0.799. The Bertz CT molecular complexity index is 719. The molecular formula is C18H22FN3O2. The minimum Gasteiger partial charge on any atom is -0.444 e. The molecule has 5 nitrogen and oxygen atoms in total. The van der Waals surface area contributed by atoms with Crippen molar-refractivity contribution in [2.75, 3.05) is 6.54 Å². The average Bonchev–Trinajstić information content (AvgIpc) is 2.87. The van der Waals surface area contributed by atoms with Crippen molar-refractivity contribution < 1.29 is 13.9 Å². The Morgan fingerprint density at radius 3 is 2.67 bits per heavy atom. The molecule has 6 heteroatoms. The predicted molar refractivity (Wildman–Crippen MR) is 88.0 cm³/mol. The lowest BCUT2D eigenvalue weighted by molar-refractivity contribution is 0.0233. The van der Waals surface area contributed by atoms with Crippen molar-refractivity contribution in [1.29, 1.82) is 0 Å². The zero-order valence-electron chi connectivity index (χ0n) is 14.2. The molecule has 3 rings (SSSR count). The first-order chi connectivity index (χ1) is 11.3. The number of ether oxygens (including phenoxy) is 1. The van der Waals surface area contributed by atoms with Crippen molar-refractivity contribution in [3.63, 3.8) is 0 Å². The van der Waals surface area contributed by atoms with Gasteiger partial charge in [-0.2, -0.15) is 0 Å². The Balaban J connectivity index is 1.85. The summed E-state index contributed by atoms with van der Waals surface area (Å²) in [7, 11) is 0. The fourth-order valence-corrected chi connectivity index (χ4v) is 2.91. The Hall–Kier alpha value is -2.37. The van der Waals surface area contributed by atoms with Crippen LogP contribution in [0.5, 0.6) is 0 Å². The average molecular weight is 331 g/mol. The van der Waals surface area contributed by atoms with Gasteiger partial charge in [0.25, 0.3) is 0 Å². The normalized spacial score (nSPS) is 18.0. The minimum absolute atomic E-state index is 0.0236. The second-order valence-corrected chi connectivity index (χ2v) is 7.01. The van der Waals surface area contributed by atoms with E-state index in [4.69, 9.17) is 4.74 Å². The highest BCUT2D eigenvalue weighted by Crippen LogP contribution is 2.28. The number of fused-ring (bicyclic) bond motifs is 1. The monoisotopic (exact) mass is 331 g/mol. The number of amides is 1. The molecule has 0 aliphatic carbocycles. The third-order valence-corrected chi connectivity index (χ3v) is 4.00. The summed E-state index contributed by atoms with van der Waals surface area (Å²) < 4.78 is 20.7. The molecule has 0 saturated carbocycles. The summed E-state index contributed by atoms with van der Waals surface area (Å²) in [5, 5.41) is 0. The van der Waals surface area contributed by atoms with E-state index in [1.807, 2.05) is 27.0 Å². The molecule has 1 aliphatic heterocycles. The highest BCUT2D eigenvalue weighted by Gasteiger charge is 2.29. The molecule has 2 heterocycles. The molecule has 0 radical (unpaired) electrons. The van der Waals surface area contributed by atoms with Gasteiger partial charge in [0.05, 0.1) is 12.6 Å². The van der Waals surface area contributed by atoms with Gasteiger partial charge in [-0.25, -0.2) is 14.2 Å². The lowest BCUT2D eigenvalue weighted by atomic mass is 10.0. The largest absolute Gasteiger partial charge is 0.444 e. The Kier molecular flexibility index (Phi) is 4.30. The van der Waals surface area contributed by atoms with E-state index in [9.17, 15) is 9.18 Å². The van der Waals surface area contributed by atoms with Crippen LogP contribution in [-0.4, -0.2) is 32.7 Å². The predicted octanol–water partition coefficient (Wildman–Crippen LogP) is 3.75. The summed E-state index contributed by atoms with van der Waals surface area (Å²) in [6.45, 7) is 6.51. The van der Waals surface area contributed by atoms with Crippen LogP contribution in [0.3, 0.4) is 0 Å². The van der Waals surface area contributed by atoms with Crippen molar-refractivity contribution in [3.05, 3.63) is 53.9 Å². The SMILES string of the molecule is CC(C)(C)OC(=O)N1CCC(c2ccc(F)cc2)n2ccnc2C1. The van der Waals surface area contributed by atoms with E-state index in [1.165, 1.54) is 12.1 Å². The fourth-order valence-electron chi connectivity index (χ4n) is 2.91. The van der Waals surface area contributed by atoms with E-state index in [1.54, 1.807) is 23.2 Å². The van der Waals surface area contributed by atoms with Crippen LogP contribution in [0.4, 0.5) is 9.18 Å². The lowest BCUT2D eigenvalue weighted by Gasteiger charge is -2.26. The molecule has 2 aromatic rings. The lowest BCUT2D eigenvalue weighted by Crippen LogP contribution is -2.36. The molecule has 1 amide bonds. The zero-order valence-corrected chi connectivity index (χ0v) is 14.2.